The molecule has 1 aliphatic heterocycles. The van der Waals surface area contributed by atoms with Crippen molar-refractivity contribution in [1.82, 2.24) is 25.0 Å². The van der Waals surface area contributed by atoms with E-state index in [0.717, 1.165) is 86.4 Å². The van der Waals surface area contributed by atoms with Gasteiger partial charge in [0.1, 0.15) is 9.81 Å². The highest BCUT2D eigenvalue weighted by molar-refractivity contribution is 7.94. The van der Waals surface area contributed by atoms with Gasteiger partial charge in [0, 0.05) is 26.2 Å². The smallest absolute Gasteiger partial charge is 0.407 e. The van der Waals surface area contributed by atoms with Gasteiger partial charge in [-0.1, -0.05) is 36.7 Å². The largest absolute Gasteiger partial charge is 0.444 e. The maximum Gasteiger partial charge on any atom is 0.407 e. The van der Waals surface area contributed by atoms with Crippen molar-refractivity contribution in [2.75, 3.05) is 29.7 Å². The lowest BCUT2D eigenvalue weighted by molar-refractivity contribution is 0.0526. The molecule has 0 atom stereocenters. The lowest BCUT2D eigenvalue weighted by Crippen LogP contribution is -2.32. The van der Waals surface area contributed by atoms with Gasteiger partial charge in [0.15, 0.2) is 10.8 Å². The highest BCUT2D eigenvalue weighted by atomic mass is 32.2. The van der Waals surface area contributed by atoms with E-state index in [1.54, 1.807) is 35.7 Å². The molecular weight excluding hydrogens is 647 g/mol. The number of hydrogen-bond acceptors (Lipinski definition) is 10. The van der Waals surface area contributed by atoms with Gasteiger partial charge in [-0.05, 0) is 82.3 Å². The molecule has 2 amide bonds. The number of ether oxygens (including phenoxy) is 1. The summed E-state index contributed by atoms with van der Waals surface area (Å²) in [6.45, 7) is 9.67. The normalized spacial score (nSPS) is 14.1. The Hall–Kier alpha value is -3.53. The van der Waals surface area contributed by atoms with Crippen LogP contribution in [0.4, 0.5) is 15.6 Å². The maximum atomic E-state index is 13.1. The van der Waals surface area contributed by atoms with Crippen LogP contribution in [0.3, 0.4) is 0 Å². The number of amides is 2. The molecule has 4 aromatic rings. The topological polar surface area (TPSA) is 148 Å². The van der Waals surface area contributed by atoms with Crippen LogP contribution in [-0.4, -0.2) is 65.3 Å². The van der Waals surface area contributed by atoms with Gasteiger partial charge in [-0.25, -0.2) is 18.2 Å². The van der Waals surface area contributed by atoms with E-state index in [1.807, 2.05) is 31.5 Å². The van der Waals surface area contributed by atoms with Crippen molar-refractivity contribution in [2.45, 2.75) is 82.2 Å². The summed E-state index contributed by atoms with van der Waals surface area (Å²) in [7, 11) is -3.66. The Kier molecular flexibility index (Phi) is 11.0. The minimum atomic E-state index is -3.66. The average Bonchev–Trinajstić information content (AvgIpc) is 3.72. The molecule has 1 aromatic carbocycles. The molecular formula is C31H41N7O5S3. The Morgan fingerprint density at radius 2 is 1.85 bits per heavy atom. The third-order valence-electron chi connectivity index (χ3n) is 7.27. The first kappa shape index (κ1) is 33.8. The van der Waals surface area contributed by atoms with Crippen LogP contribution in [0.15, 0.2) is 46.0 Å². The van der Waals surface area contributed by atoms with Crippen molar-refractivity contribution >= 4 is 65.7 Å². The van der Waals surface area contributed by atoms with E-state index in [4.69, 9.17) is 4.74 Å². The number of benzene rings is 1. The number of thiazole rings is 1. The van der Waals surface area contributed by atoms with Gasteiger partial charge >= 0.3 is 6.09 Å². The van der Waals surface area contributed by atoms with Gasteiger partial charge in [-0.15, -0.1) is 11.3 Å². The van der Waals surface area contributed by atoms with E-state index in [9.17, 15) is 18.0 Å². The number of nitrogens with zero attached hydrogens (tertiary/aromatic N) is 4. The summed E-state index contributed by atoms with van der Waals surface area (Å²) in [5, 5.41) is 12.4. The fraction of sp³-hybridized carbons (Fsp3) is 0.484. The number of carbonyl (C=O) groups is 2. The molecule has 5 rings (SSSR count). The second-order valence-electron chi connectivity index (χ2n) is 12.3. The van der Waals surface area contributed by atoms with Gasteiger partial charge in [-0.3, -0.25) is 24.4 Å². The third-order valence-corrected chi connectivity index (χ3v) is 11.0. The Bertz CT molecular complexity index is 1740. The second kappa shape index (κ2) is 14.9. The molecule has 0 unspecified atom stereocenters. The number of alkyl carbamates (subject to hydrolysis) is 1. The number of fused-ring (bicyclic) bond motifs is 2. The van der Waals surface area contributed by atoms with Gasteiger partial charge in [-0.2, -0.15) is 5.10 Å². The van der Waals surface area contributed by atoms with E-state index < -0.39 is 15.6 Å². The first-order valence-electron chi connectivity index (χ1n) is 15.5. The van der Waals surface area contributed by atoms with Crippen molar-refractivity contribution < 1.29 is 22.7 Å². The van der Waals surface area contributed by atoms with E-state index in [2.05, 4.69) is 30.3 Å². The van der Waals surface area contributed by atoms with Crippen LogP contribution in [0.25, 0.3) is 10.2 Å². The van der Waals surface area contributed by atoms with E-state index in [1.165, 1.54) is 11.3 Å². The van der Waals surface area contributed by atoms with E-state index in [0.29, 0.717) is 28.6 Å². The highest BCUT2D eigenvalue weighted by Crippen LogP contribution is 2.30. The number of sulfonamides is 1. The van der Waals surface area contributed by atoms with Crippen LogP contribution in [0.1, 0.15) is 75.5 Å². The van der Waals surface area contributed by atoms with Crippen molar-refractivity contribution in [3.8, 4) is 0 Å². The predicted octanol–water partition coefficient (Wildman–Crippen LogP) is 6.29. The number of nitrogens with one attached hydrogen (secondary N) is 3. The number of hydrogen-bond donors (Lipinski definition) is 3. The van der Waals surface area contributed by atoms with Crippen molar-refractivity contribution in [3.63, 3.8) is 0 Å². The quantitative estimate of drug-likeness (QED) is 0.139. The van der Waals surface area contributed by atoms with Crippen LogP contribution < -0.4 is 15.4 Å². The molecule has 12 nitrogen and oxygen atoms in total. The first-order valence-corrected chi connectivity index (χ1v) is 18.7. The fourth-order valence-corrected chi connectivity index (χ4v) is 8.09. The van der Waals surface area contributed by atoms with Crippen molar-refractivity contribution in [1.29, 1.82) is 0 Å². The summed E-state index contributed by atoms with van der Waals surface area (Å²) in [6.07, 6.45) is 5.93. The molecule has 4 heterocycles. The van der Waals surface area contributed by atoms with Gasteiger partial charge in [0.05, 0.1) is 21.6 Å². The van der Waals surface area contributed by atoms with Crippen LogP contribution in [0.5, 0.6) is 0 Å². The Morgan fingerprint density at radius 1 is 1.04 bits per heavy atom. The summed E-state index contributed by atoms with van der Waals surface area (Å²) in [5.41, 5.74) is 1.97. The monoisotopic (exact) mass is 687 g/mol. The molecule has 0 saturated heterocycles. The molecule has 3 aromatic heterocycles. The lowest BCUT2D eigenvalue weighted by Gasteiger charge is -2.19. The van der Waals surface area contributed by atoms with Crippen molar-refractivity contribution in [3.05, 3.63) is 53.2 Å². The Morgan fingerprint density at radius 3 is 2.63 bits per heavy atom. The molecule has 1 aliphatic rings. The minimum Gasteiger partial charge on any atom is -0.444 e. The molecule has 0 spiro atoms. The number of aryl methyl sites for hydroxylation is 1. The van der Waals surface area contributed by atoms with Crippen LogP contribution in [0.2, 0.25) is 0 Å². The first-order chi connectivity index (χ1) is 21.9. The molecule has 15 heteroatoms. The fourth-order valence-electron chi connectivity index (χ4n) is 5.15. The third kappa shape index (κ3) is 9.50. The molecule has 3 N–H and O–H groups in total. The number of rotatable bonds is 13. The maximum absolute atomic E-state index is 13.1. The number of thiophene rings is 1. The predicted molar refractivity (Wildman–Crippen MR) is 182 cm³/mol. The second-order valence-corrected chi connectivity index (χ2v) is 16.2. The zero-order chi connectivity index (χ0) is 32.7. The zero-order valence-corrected chi connectivity index (χ0v) is 28.8. The van der Waals surface area contributed by atoms with E-state index >= 15 is 0 Å². The number of aromatic nitrogens is 3. The molecule has 248 valence electrons. The summed E-state index contributed by atoms with van der Waals surface area (Å²) < 4.78 is 36.0. The SMILES string of the molecule is CC(C)(C)OC(=O)NCCCCCCCN1CCCn2nc(C(=O)Nc3nc4ccc(NS(=O)(=O)c5cccs5)cc4s3)cc2C1. The standard InChI is InChI=1S/C31H41N7O5S3/c1-31(2,3)43-30(40)32-14-7-5-4-6-8-15-37-16-10-17-38-23(21-37)20-25(35-38)28(39)34-29-33-24-13-12-22(19-26(24)45-29)36-46(41,42)27-11-9-18-44-27/h9,11-13,18-20,36H,4-8,10,14-17,21H2,1-3H3,(H,32,40)(H,33,34,39). The van der Waals surface area contributed by atoms with Crippen molar-refractivity contribution in [2.24, 2.45) is 0 Å². The molecule has 0 fully saturated rings. The van der Waals surface area contributed by atoms with Gasteiger partial charge < -0.3 is 10.1 Å². The molecule has 0 radical (unpaired) electrons. The zero-order valence-electron chi connectivity index (χ0n) is 26.4. The van der Waals surface area contributed by atoms with Gasteiger partial charge in [0.2, 0.25) is 0 Å². The van der Waals surface area contributed by atoms with Crippen LogP contribution >= 0.6 is 22.7 Å². The summed E-state index contributed by atoms with van der Waals surface area (Å²) >= 11 is 2.42. The minimum absolute atomic E-state index is 0.240. The Balaban J connectivity index is 1.07. The number of carbonyl (C=O) groups excluding carboxylic acids is 2. The van der Waals surface area contributed by atoms with Gasteiger partial charge in [0.25, 0.3) is 15.9 Å². The molecule has 46 heavy (non-hydrogen) atoms. The summed E-state index contributed by atoms with van der Waals surface area (Å²) in [4.78, 5) is 31.8. The van der Waals surface area contributed by atoms with Crippen LogP contribution in [-0.2, 0) is 27.8 Å². The average molecular weight is 688 g/mol. The van der Waals surface area contributed by atoms with Crippen LogP contribution in [0, 0.1) is 0 Å². The molecule has 0 bridgehead atoms. The molecule has 0 saturated carbocycles. The number of unbranched alkanes of at least 4 members (excludes halogenated alkanes) is 4. The molecule has 0 aliphatic carbocycles. The van der Waals surface area contributed by atoms with E-state index in [-0.39, 0.29) is 16.2 Å². The summed E-state index contributed by atoms with van der Waals surface area (Å²) in [5.74, 6) is -0.328. The lowest BCUT2D eigenvalue weighted by atomic mass is 10.1. The summed E-state index contributed by atoms with van der Waals surface area (Å²) in [6, 6.07) is 10.2. The number of anilines is 2. The highest BCUT2D eigenvalue weighted by Gasteiger charge is 2.21. The Labute approximate surface area is 277 Å².